The number of aryl methyl sites for hydroxylation is 1. The number of ether oxygens (including phenoxy) is 1. The molecular formula is C21H24N2O2. The van der Waals surface area contributed by atoms with Gasteiger partial charge in [-0.3, -0.25) is 9.69 Å². The summed E-state index contributed by atoms with van der Waals surface area (Å²) < 4.78 is 5.43. The molecule has 2 aliphatic rings. The average molecular weight is 336 g/mol. The zero-order chi connectivity index (χ0) is 17.2. The second-order valence-corrected chi connectivity index (χ2v) is 7.13. The van der Waals surface area contributed by atoms with Gasteiger partial charge >= 0.3 is 0 Å². The van der Waals surface area contributed by atoms with Crippen molar-refractivity contribution < 1.29 is 9.53 Å². The van der Waals surface area contributed by atoms with Crippen molar-refractivity contribution in [2.75, 3.05) is 25.0 Å². The Morgan fingerprint density at radius 2 is 1.88 bits per heavy atom. The van der Waals surface area contributed by atoms with Crippen molar-refractivity contribution in [1.82, 2.24) is 4.90 Å². The molecule has 0 aromatic heterocycles. The molecule has 4 nitrogen and oxygen atoms in total. The zero-order valence-corrected chi connectivity index (χ0v) is 14.6. The fourth-order valence-corrected chi connectivity index (χ4v) is 3.75. The molecule has 2 aliphatic heterocycles. The van der Waals surface area contributed by atoms with Crippen molar-refractivity contribution >= 4 is 11.6 Å². The monoisotopic (exact) mass is 336 g/mol. The second kappa shape index (κ2) is 6.89. The van der Waals surface area contributed by atoms with Gasteiger partial charge in [0, 0.05) is 6.54 Å². The van der Waals surface area contributed by atoms with Crippen LogP contribution in [0.5, 0.6) is 5.75 Å². The molecule has 0 spiro atoms. The summed E-state index contributed by atoms with van der Waals surface area (Å²) in [5.41, 5.74) is 4.81. The molecule has 0 bridgehead atoms. The highest BCUT2D eigenvalue weighted by Gasteiger charge is 2.21. The lowest BCUT2D eigenvalue weighted by molar-refractivity contribution is -0.118. The summed E-state index contributed by atoms with van der Waals surface area (Å²) in [6.07, 6.45) is 2.40. The van der Waals surface area contributed by atoms with Gasteiger partial charge in [-0.05, 0) is 62.0 Å². The van der Waals surface area contributed by atoms with Crippen LogP contribution in [-0.2, 0) is 11.3 Å². The Morgan fingerprint density at radius 3 is 2.64 bits per heavy atom. The maximum absolute atomic E-state index is 11.5. The summed E-state index contributed by atoms with van der Waals surface area (Å²) in [4.78, 5) is 14.0. The highest BCUT2D eigenvalue weighted by molar-refractivity contribution is 5.95. The molecule has 1 amide bonds. The minimum absolute atomic E-state index is 0.0800. The Balaban J connectivity index is 1.36. The highest BCUT2D eigenvalue weighted by atomic mass is 16.5. The van der Waals surface area contributed by atoms with E-state index in [2.05, 4.69) is 47.5 Å². The number of anilines is 1. The minimum atomic E-state index is -0.0800. The van der Waals surface area contributed by atoms with Crippen LogP contribution < -0.4 is 10.1 Å². The smallest absolute Gasteiger partial charge is 0.262 e. The normalized spacial score (nSPS) is 18.4. The van der Waals surface area contributed by atoms with Crippen LogP contribution in [0.1, 0.15) is 35.4 Å². The summed E-state index contributed by atoms with van der Waals surface area (Å²) >= 11 is 0. The molecule has 0 radical (unpaired) electrons. The molecule has 4 heteroatoms. The van der Waals surface area contributed by atoms with Crippen LogP contribution in [0.25, 0.3) is 0 Å². The Hall–Kier alpha value is -2.33. The Kier molecular flexibility index (Phi) is 4.45. The van der Waals surface area contributed by atoms with Crippen molar-refractivity contribution in [2.45, 2.75) is 32.2 Å². The molecule has 1 saturated heterocycles. The third-order valence-electron chi connectivity index (χ3n) is 5.22. The largest absolute Gasteiger partial charge is 0.482 e. The number of amides is 1. The van der Waals surface area contributed by atoms with Gasteiger partial charge < -0.3 is 10.1 Å². The molecule has 25 heavy (non-hydrogen) atoms. The number of likely N-dealkylation sites (tertiary alicyclic amines) is 1. The first-order valence-corrected chi connectivity index (χ1v) is 9.02. The van der Waals surface area contributed by atoms with E-state index in [0.717, 1.165) is 31.1 Å². The Morgan fingerprint density at radius 1 is 1.12 bits per heavy atom. The molecular weight excluding hydrogens is 312 g/mol. The number of carbonyl (C=O) groups is 1. The van der Waals surface area contributed by atoms with Crippen LogP contribution in [0.2, 0.25) is 0 Å². The molecule has 1 N–H and O–H groups in total. The molecule has 0 saturated carbocycles. The van der Waals surface area contributed by atoms with Crippen LogP contribution in [-0.4, -0.2) is 30.5 Å². The Bertz CT molecular complexity index is 762. The number of hydrogen-bond donors (Lipinski definition) is 1. The fourth-order valence-electron chi connectivity index (χ4n) is 3.75. The first-order chi connectivity index (χ1) is 12.2. The van der Waals surface area contributed by atoms with E-state index in [1.807, 2.05) is 12.1 Å². The molecule has 2 aromatic carbocycles. The van der Waals surface area contributed by atoms with E-state index in [9.17, 15) is 4.79 Å². The van der Waals surface area contributed by atoms with E-state index in [1.54, 1.807) is 0 Å². The van der Waals surface area contributed by atoms with E-state index in [0.29, 0.717) is 5.92 Å². The summed E-state index contributed by atoms with van der Waals surface area (Å²) in [6.45, 7) is 5.39. The fraction of sp³-hybridized carbons (Fsp3) is 0.381. The molecule has 1 fully saturated rings. The summed E-state index contributed by atoms with van der Waals surface area (Å²) in [6, 6.07) is 15.1. The topological polar surface area (TPSA) is 41.6 Å². The van der Waals surface area contributed by atoms with Crippen LogP contribution in [0.3, 0.4) is 0 Å². The lowest BCUT2D eigenvalue weighted by Crippen LogP contribution is -2.32. The first-order valence-electron chi connectivity index (χ1n) is 9.02. The van der Waals surface area contributed by atoms with Gasteiger partial charge in [0.05, 0.1) is 5.69 Å². The number of piperidine rings is 1. The predicted octanol–water partition coefficient (Wildman–Crippen LogP) is 3.71. The molecule has 2 heterocycles. The lowest BCUT2D eigenvalue weighted by atomic mass is 9.89. The van der Waals surface area contributed by atoms with Crippen LogP contribution >= 0.6 is 0 Å². The van der Waals surface area contributed by atoms with Gasteiger partial charge in [0.2, 0.25) is 0 Å². The van der Waals surface area contributed by atoms with Gasteiger partial charge in [-0.25, -0.2) is 0 Å². The molecule has 130 valence electrons. The van der Waals surface area contributed by atoms with E-state index < -0.39 is 0 Å². The second-order valence-electron chi connectivity index (χ2n) is 7.13. The van der Waals surface area contributed by atoms with Crippen LogP contribution in [0.15, 0.2) is 42.5 Å². The standard InChI is InChI=1S/C21H24N2O2/c1-15-2-5-17(6-3-15)18-8-10-23(11-9-18)13-16-4-7-20-19(12-16)22-21(24)14-25-20/h2-7,12,18H,8-11,13-14H2,1H3,(H,22,24). The summed E-state index contributed by atoms with van der Waals surface area (Å²) in [5.74, 6) is 1.36. The third kappa shape index (κ3) is 3.69. The maximum atomic E-state index is 11.5. The SMILES string of the molecule is Cc1ccc(C2CCN(Cc3ccc4c(c3)NC(=O)CO4)CC2)cc1. The summed E-state index contributed by atoms with van der Waals surface area (Å²) in [7, 11) is 0. The number of carbonyl (C=O) groups excluding carboxylic acids is 1. The number of benzene rings is 2. The molecule has 0 aliphatic carbocycles. The van der Waals surface area contributed by atoms with E-state index in [-0.39, 0.29) is 12.5 Å². The van der Waals surface area contributed by atoms with Crippen molar-refractivity contribution in [1.29, 1.82) is 0 Å². The quantitative estimate of drug-likeness (QED) is 0.929. The van der Waals surface area contributed by atoms with Crippen LogP contribution in [0.4, 0.5) is 5.69 Å². The van der Waals surface area contributed by atoms with Crippen LogP contribution in [0, 0.1) is 6.92 Å². The van der Waals surface area contributed by atoms with E-state index >= 15 is 0 Å². The number of nitrogens with zero attached hydrogens (tertiary/aromatic N) is 1. The van der Waals surface area contributed by atoms with Gasteiger partial charge in [-0.1, -0.05) is 35.9 Å². The van der Waals surface area contributed by atoms with Gasteiger partial charge in [0.15, 0.2) is 6.61 Å². The number of fused-ring (bicyclic) bond motifs is 1. The zero-order valence-electron chi connectivity index (χ0n) is 14.6. The highest BCUT2D eigenvalue weighted by Crippen LogP contribution is 2.31. The minimum Gasteiger partial charge on any atom is -0.482 e. The van der Waals surface area contributed by atoms with Gasteiger partial charge in [-0.15, -0.1) is 0 Å². The van der Waals surface area contributed by atoms with Crippen molar-refractivity contribution in [3.8, 4) is 5.75 Å². The lowest BCUT2D eigenvalue weighted by Gasteiger charge is -2.32. The van der Waals surface area contributed by atoms with E-state index in [4.69, 9.17) is 4.74 Å². The van der Waals surface area contributed by atoms with E-state index in [1.165, 1.54) is 29.5 Å². The molecule has 0 unspecified atom stereocenters. The number of nitrogens with one attached hydrogen (secondary N) is 1. The average Bonchev–Trinajstić information content (AvgIpc) is 2.63. The van der Waals surface area contributed by atoms with Gasteiger partial charge in [-0.2, -0.15) is 0 Å². The van der Waals surface area contributed by atoms with Crippen molar-refractivity contribution in [2.24, 2.45) is 0 Å². The number of hydrogen-bond acceptors (Lipinski definition) is 3. The predicted molar refractivity (Wildman–Crippen MR) is 99.0 cm³/mol. The van der Waals surface area contributed by atoms with Gasteiger partial charge in [0.25, 0.3) is 5.91 Å². The first kappa shape index (κ1) is 16.2. The molecule has 0 atom stereocenters. The number of rotatable bonds is 3. The molecule has 4 rings (SSSR count). The van der Waals surface area contributed by atoms with Crippen molar-refractivity contribution in [3.05, 3.63) is 59.2 Å². The maximum Gasteiger partial charge on any atom is 0.262 e. The summed E-state index contributed by atoms with van der Waals surface area (Å²) in [5, 5.41) is 2.89. The van der Waals surface area contributed by atoms with Crippen molar-refractivity contribution in [3.63, 3.8) is 0 Å². The van der Waals surface area contributed by atoms with Gasteiger partial charge in [0.1, 0.15) is 5.75 Å². The molecule has 2 aromatic rings. The third-order valence-corrected chi connectivity index (χ3v) is 5.22. The Labute approximate surface area is 148 Å².